The van der Waals surface area contributed by atoms with Gasteiger partial charge in [-0.3, -0.25) is 19.3 Å². The third-order valence-electron chi connectivity index (χ3n) is 3.95. The number of benzene rings is 2. The van der Waals surface area contributed by atoms with Gasteiger partial charge in [-0.25, -0.2) is 0 Å². The molecule has 27 heavy (non-hydrogen) atoms. The second-order valence-electron chi connectivity index (χ2n) is 5.76. The maximum Gasteiger partial charge on any atom is 0.573 e. The van der Waals surface area contributed by atoms with E-state index >= 15 is 0 Å². The average Bonchev–Trinajstić information content (AvgIpc) is 2.86. The van der Waals surface area contributed by atoms with Crippen LogP contribution in [0.2, 0.25) is 0 Å². The summed E-state index contributed by atoms with van der Waals surface area (Å²) in [5, 5.41) is 2.45. The molecule has 9 heteroatoms. The van der Waals surface area contributed by atoms with Gasteiger partial charge in [0.15, 0.2) is 0 Å². The molecule has 0 fully saturated rings. The zero-order valence-electron chi connectivity index (χ0n) is 13.9. The van der Waals surface area contributed by atoms with Gasteiger partial charge in [-0.1, -0.05) is 12.1 Å². The number of amides is 3. The molecule has 0 saturated carbocycles. The molecule has 6 nitrogen and oxygen atoms in total. The fourth-order valence-corrected chi connectivity index (χ4v) is 2.66. The van der Waals surface area contributed by atoms with Crippen molar-refractivity contribution in [3.8, 4) is 5.75 Å². The van der Waals surface area contributed by atoms with E-state index in [9.17, 15) is 27.6 Å². The van der Waals surface area contributed by atoms with Gasteiger partial charge in [0.25, 0.3) is 11.8 Å². The number of carbonyl (C=O) groups excluding carboxylic acids is 3. The van der Waals surface area contributed by atoms with Crippen molar-refractivity contribution >= 4 is 23.4 Å². The Morgan fingerprint density at radius 1 is 1.00 bits per heavy atom. The van der Waals surface area contributed by atoms with E-state index < -0.39 is 35.9 Å². The molecule has 2 aromatic rings. The standard InChI is InChI=1S/C18H13F3N2O4/c1-10(23-16(25)13-4-2-3-5-14(13)17(23)26)15(24)22-11-6-8-12(9-7-11)27-18(19,20)21/h2-10H,1H3,(H,22,24)/t10-/m1/s1. The third kappa shape index (κ3) is 3.76. The van der Waals surface area contributed by atoms with Crippen LogP contribution in [0.4, 0.5) is 18.9 Å². The minimum Gasteiger partial charge on any atom is -0.406 e. The Kier molecular flexibility index (Phi) is 4.61. The Hall–Kier alpha value is -3.36. The first-order valence-corrected chi connectivity index (χ1v) is 7.81. The van der Waals surface area contributed by atoms with Crippen LogP contribution in [0.25, 0.3) is 0 Å². The maximum absolute atomic E-state index is 12.4. The Balaban J connectivity index is 1.70. The van der Waals surface area contributed by atoms with Crippen LogP contribution in [0.3, 0.4) is 0 Å². The third-order valence-corrected chi connectivity index (χ3v) is 3.95. The monoisotopic (exact) mass is 378 g/mol. The van der Waals surface area contributed by atoms with Crippen LogP contribution in [0.15, 0.2) is 48.5 Å². The highest BCUT2D eigenvalue weighted by molar-refractivity contribution is 6.23. The molecule has 1 N–H and O–H groups in total. The van der Waals surface area contributed by atoms with Crippen molar-refractivity contribution in [3.05, 3.63) is 59.7 Å². The number of ether oxygens (including phenoxy) is 1. The smallest absolute Gasteiger partial charge is 0.406 e. The number of alkyl halides is 3. The van der Waals surface area contributed by atoms with Gasteiger partial charge in [0, 0.05) is 5.69 Å². The molecule has 3 rings (SSSR count). The van der Waals surface area contributed by atoms with Gasteiger partial charge in [-0.05, 0) is 43.3 Å². The van der Waals surface area contributed by atoms with Crippen molar-refractivity contribution in [1.29, 1.82) is 0 Å². The quantitative estimate of drug-likeness (QED) is 0.829. The molecule has 0 spiro atoms. The normalized spacial score (nSPS) is 14.7. The van der Waals surface area contributed by atoms with Crippen molar-refractivity contribution < 1.29 is 32.3 Å². The van der Waals surface area contributed by atoms with Crippen LogP contribution in [-0.2, 0) is 4.79 Å². The minimum absolute atomic E-state index is 0.193. The summed E-state index contributed by atoms with van der Waals surface area (Å²) in [7, 11) is 0. The van der Waals surface area contributed by atoms with Crippen LogP contribution in [-0.4, -0.2) is 35.0 Å². The van der Waals surface area contributed by atoms with Gasteiger partial charge in [-0.2, -0.15) is 0 Å². The number of anilines is 1. The molecule has 2 aromatic carbocycles. The Morgan fingerprint density at radius 3 is 2.00 bits per heavy atom. The number of nitrogens with one attached hydrogen (secondary N) is 1. The number of imide groups is 1. The van der Waals surface area contributed by atoms with Crippen molar-refractivity contribution in [1.82, 2.24) is 4.90 Å². The molecule has 1 aliphatic rings. The van der Waals surface area contributed by atoms with Crippen LogP contribution in [0, 0.1) is 0 Å². The summed E-state index contributed by atoms with van der Waals surface area (Å²) in [6.45, 7) is 1.39. The van der Waals surface area contributed by atoms with E-state index in [2.05, 4.69) is 10.1 Å². The van der Waals surface area contributed by atoms with E-state index in [1.54, 1.807) is 12.1 Å². The summed E-state index contributed by atoms with van der Waals surface area (Å²) in [5.74, 6) is -2.25. The van der Waals surface area contributed by atoms with Crippen molar-refractivity contribution in [3.63, 3.8) is 0 Å². The van der Waals surface area contributed by atoms with Crippen LogP contribution in [0.5, 0.6) is 5.75 Å². The van der Waals surface area contributed by atoms with E-state index in [0.29, 0.717) is 0 Å². The maximum atomic E-state index is 12.4. The highest BCUT2D eigenvalue weighted by atomic mass is 19.4. The van der Waals surface area contributed by atoms with Crippen LogP contribution in [0.1, 0.15) is 27.6 Å². The molecule has 0 radical (unpaired) electrons. The lowest BCUT2D eigenvalue weighted by Crippen LogP contribution is -2.45. The first-order valence-electron chi connectivity index (χ1n) is 7.81. The van der Waals surface area contributed by atoms with E-state index in [4.69, 9.17) is 0 Å². The van der Waals surface area contributed by atoms with Gasteiger partial charge >= 0.3 is 6.36 Å². The predicted octanol–water partition coefficient (Wildman–Crippen LogP) is 3.21. The lowest BCUT2D eigenvalue weighted by Gasteiger charge is -2.21. The number of hydrogen-bond donors (Lipinski definition) is 1. The summed E-state index contributed by atoms with van der Waals surface area (Å²) in [6, 6.07) is 9.63. The molecule has 1 heterocycles. The average molecular weight is 378 g/mol. The molecule has 140 valence electrons. The second kappa shape index (κ2) is 6.75. The summed E-state index contributed by atoms with van der Waals surface area (Å²) in [4.78, 5) is 38.0. The summed E-state index contributed by atoms with van der Waals surface area (Å²) < 4.78 is 40.2. The van der Waals surface area contributed by atoms with Crippen LogP contribution >= 0.6 is 0 Å². The number of nitrogens with zero attached hydrogens (tertiary/aromatic N) is 1. The molecule has 1 atom stereocenters. The van der Waals surface area contributed by atoms with Gasteiger partial charge in [0.1, 0.15) is 11.8 Å². The molecule has 0 aliphatic carbocycles. The Morgan fingerprint density at radius 2 is 1.52 bits per heavy atom. The number of halogens is 3. The topological polar surface area (TPSA) is 75.7 Å². The predicted molar refractivity (Wildman–Crippen MR) is 88.2 cm³/mol. The number of hydrogen-bond acceptors (Lipinski definition) is 4. The van der Waals surface area contributed by atoms with Crippen molar-refractivity contribution in [2.45, 2.75) is 19.3 Å². The highest BCUT2D eigenvalue weighted by Crippen LogP contribution is 2.26. The number of rotatable bonds is 4. The summed E-state index contributed by atoms with van der Waals surface area (Å²) in [6.07, 6.45) is -4.81. The van der Waals surface area contributed by atoms with E-state index in [0.717, 1.165) is 17.0 Å². The zero-order chi connectivity index (χ0) is 19.8. The van der Waals surface area contributed by atoms with E-state index in [1.165, 1.54) is 31.2 Å². The SMILES string of the molecule is C[C@H](C(=O)Nc1ccc(OC(F)(F)F)cc1)N1C(=O)c2ccccc2C1=O. The fraction of sp³-hybridized carbons (Fsp3) is 0.167. The fourth-order valence-electron chi connectivity index (χ4n) is 2.66. The van der Waals surface area contributed by atoms with E-state index in [-0.39, 0.29) is 16.8 Å². The lowest BCUT2D eigenvalue weighted by molar-refractivity contribution is -0.274. The first kappa shape index (κ1) is 18.4. The van der Waals surface area contributed by atoms with Crippen molar-refractivity contribution in [2.75, 3.05) is 5.32 Å². The molecule has 1 aliphatic heterocycles. The van der Waals surface area contributed by atoms with Gasteiger partial charge in [0.2, 0.25) is 5.91 Å². The van der Waals surface area contributed by atoms with E-state index in [1.807, 2.05) is 0 Å². The van der Waals surface area contributed by atoms with Crippen molar-refractivity contribution in [2.24, 2.45) is 0 Å². The molecule has 0 bridgehead atoms. The number of carbonyl (C=O) groups is 3. The second-order valence-corrected chi connectivity index (χ2v) is 5.76. The molecule has 0 aromatic heterocycles. The minimum atomic E-state index is -4.81. The zero-order valence-corrected chi connectivity index (χ0v) is 13.9. The Labute approximate surface area is 151 Å². The highest BCUT2D eigenvalue weighted by Gasteiger charge is 2.40. The number of fused-ring (bicyclic) bond motifs is 1. The molecule has 0 unspecified atom stereocenters. The molecular weight excluding hydrogens is 365 g/mol. The first-order chi connectivity index (χ1) is 12.7. The molecule has 3 amide bonds. The Bertz CT molecular complexity index is 875. The van der Waals surface area contributed by atoms with Gasteiger partial charge < -0.3 is 10.1 Å². The molecule has 0 saturated heterocycles. The lowest BCUT2D eigenvalue weighted by atomic mass is 10.1. The van der Waals surface area contributed by atoms with Gasteiger partial charge in [-0.15, -0.1) is 13.2 Å². The largest absolute Gasteiger partial charge is 0.573 e. The molecular formula is C18H13F3N2O4. The van der Waals surface area contributed by atoms with Gasteiger partial charge in [0.05, 0.1) is 11.1 Å². The summed E-state index contributed by atoms with van der Waals surface area (Å²) in [5.41, 5.74) is 0.629. The summed E-state index contributed by atoms with van der Waals surface area (Å²) >= 11 is 0. The van der Waals surface area contributed by atoms with Crippen LogP contribution < -0.4 is 10.1 Å².